The summed E-state index contributed by atoms with van der Waals surface area (Å²) in [5.74, 6) is -1.41. The van der Waals surface area contributed by atoms with Crippen molar-refractivity contribution in [1.29, 1.82) is 0 Å². The second-order valence-electron chi connectivity index (χ2n) is 6.69. The van der Waals surface area contributed by atoms with Gasteiger partial charge in [0.2, 0.25) is 5.91 Å². The zero-order valence-electron chi connectivity index (χ0n) is 16.0. The topological polar surface area (TPSA) is 104 Å². The first kappa shape index (κ1) is 19.5. The predicted molar refractivity (Wildman–Crippen MR) is 104 cm³/mol. The highest BCUT2D eigenvalue weighted by Crippen LogP contribution is 2.32. The summed E-state index contributed by atoms with van der Waals surface area (Å²) in [4.78, 5) is 39.0. The van der Waals surface area contributed by atoms with E-state index in [1.807, 2.05) is 6.92 Å². The molecule has 0 aliphatic carbocycles. The third-order valence-corrected chi connectivity index (χ3v) is 4.68. The summed E-state index contributed by atoms with van der Waals surface area (Å²) in [7, 11) is 0. The van der Waals surface area contributed by atoms with E-state index in [-0.39, 0.29) is 12.2 Å². The lowest BCUT2D eigenvalue weighted by Gasteiger charge is -2.20. The fraction of sp³-hybridized carbons (Fsp3) is 0.250. The highest BCUT2D eigenvalue weighted by atomic mass is 19.1. The van der Waals surface area contributed by atoms with Gasteiger partial charge in [-0.25, -0.2) is 9.29 Å². The Hall–Kier alpha value is -3.82. The summed E-state index contributed by atoms with van der Waals surface area (Å²) < 4.78 is 18.6. The van der Waals surface area contributed by atoms with Crippen molar-refractivity contribution in [3.8, 4) is 5.75 Å². The third kappa shape index (κ3) is 3.59. The van der Waals surface area contributed by atoms with E-state index < -0.39 is 35.6 Å². The summed E-state index contributed by atoms with van der Waals surface area (Å²) in [5.41, 5.74) is 0.666. The molecule has 9 nitrogen and oxygen atoms in total. The molecule has 1 N–H and O–H groups in total. The molecule has 0 spiro atoms. The van der Waals surface area contributed by atoms with Gasteiger partial charge in [0.1, 0.15) is 18.1 Å². The van der Waals surface area contributed by atoms with Gasteiger partial charge in [-0.3, -0.25) is 19.4 Å². The van der Waals surface area contributed by atoms with Gasteiger partial charge in [0.15, 0.2) is 12.1 Å². The molecule has 4 rings (SSSR count). The van der Waals surface area contributed by atoms with E-state index in [2.05, 4.69) is 15.7 Å². The van der Waals surface area contributed by atoms with E-state index in [0.29, 0.717) is 18.0 Å². The van der Waals surface area contributed by atoms with E-state index in [9.17, 15) is 18.8 Å². The number of carbonyl (C=O) groups excluding carboxylic acids is 3. The van der Waals surface area contributed by atoms with Crippen molar-refractivity contribution in [2.45, 2.75) is 19.0 Å². The first-order valence-corrected chi connectivity index (χ1v) is 9.31. The van der Waals surface area contributed by atoms with Crippen molar-refractivity contribution < 1.29 is 23.5 Å². The van der Waals surface area contributed by atoms with Crippen LogP contribution >= 0.6 is 0 Å². The van der Waals surface area contributed by atoms with Gasteiger partial charge < -0.3 is 10.1 Å². The van der Waals surface area contributed by atoms with E-state index in [1.165, 1.54) is 29.3 Å². The SMILES string of the molecule is CCOc1ccc(N2C(=O)[C@H]3N=NN(CC(=O)Nc4cccc(F)c4)[C@@H]3C2=O)cc1. The van der Waals surface area contributed by atoms with Crippen LogP contribution in [-0.2, 0) is 14.4 Å². The lowest BCUT2D eigenvalue weighted by Crippen LogP contribution is -2.43. The number of nitrogens with one attached hydrogen (secondary N) is 1. The average molecular weight is 411 g/mol. The van der Waals surface area contributed by atoms with E-state index in [1.54, 1.807) is 24.3 Å². The number of anilines is 2. The van der Waals surface area contributed by atoms with Crippen LogP contribution in [0.3, 0.4) is 0 Å². The van der Waals surface area contributed by atoms with Crippen LogP contribution in [-0.4, -0.2) is 48.0 Å². The van der Waals surface area contributed by atoms with Crippen molar-refractivity contribution >= 4 is 29.1 Å². The summed E-state index contributed by atoms with van der Waals surface area (Å²) >= 11 is 0. The van der Waals surface area contributed by atoms with Crippen LogP contribution in [0.5, 0.6) is 5.75 Å². The molecule has 0 aromatic heterocycles. The Morgan fingerprint density at radius 1 is 1.17 bits per heavy atom. The standard InChI is InChI=1S/C20H18FN5O4/c1-2-30-15-8-6-14(7-9-15)26-19(28)17-18(20(26)29)25(24-23-17)11-16(27)22-13-5-3-4-12(21)10-13/h3-10,17-18H,2,11H2,1H3,(H,22,27)/t17-,18-/m0/s1. The van der Waals surface area contributed by atoms with Gasteiger partial charge in [-0.1, -0.05) is 11.3 Å². The molecule has 0 unspecified atom stereocenters. The highest BCUT2D eigenvalue weighted by Gasteiger charge is 2.55. The second kappa shape index (κ2) is 7.90. The molecule has 2 aromatic carbocycles. The van der Waals surface area contributed by atoms with Gasteiger partial charge in [0.05, 0.1) is 12.3 Å². The van der Waals surface area contributed by atoms with E-state index in [0.717, 1.165) is 4.90 Å². The van der Waals surface area contributed by atoms with Gasteiger partial charge in [0.25, 0.3) is 11.8 Å². The Morgan fingerprint density at radius 3 is 2.63 bits per heavy atom. The minimum atomic E-state index is -1.01. The fourth-order valence-corrected chi connectivity index (χ4v) is 3.38. The number of ether oxygens (including phenoxy) is 1. The first-order chi connectivity index (χ1) is 14.5. The minimum absolute atomic E-state index is 0.275. The molecule has 30 heavy (non-hydrogen) atoms. The maximum absolute atomic E-state index is 13.3. The van der Waals surface area contributed by atoms with Gasteiger partial charge >= 0.3 is 0 Å². The Labute approximate surface area is 171 Å². The molecular weight excluding hydrogens is 393 g/mol. The van der Waals surface area contributed by atoms with Crippen molar-refractivity contribution in [3.63, 3.8) is 0 Å². The average Bonchev–Trinajstić information content (AvgIpc) is 3.23. The number of nitrogens with zero attached hydrogens (tertiary/aromatic N) is 4. The lowest BCUT2D eigenvalue weighted by atomic mass is 10.1. The minimum Gasteiger partial charge on any atom is -0.494 e. The zero-order valence-corrected chi connectivity index (χ0v) is 16.0. The Kier molecular flexibility index (Phi) is 5.13. The van der Waals surface area contributed by atoms with E-state index >= 15 is 0 Å². The molecule has 2 aromatic rings. The predicted octanol–water partition coefficient (Wildman–Crippen LogP) is 2.16. The van der Waals surface area contributed by atoms with E-state index in [4.69, 9.17) is 4.74 Å². The Bertz CT molecular complexity index is 1030. The quantitative estimate of drug-likeness (QED) is 0.734. The normalized spacial score (nSPS) is 19.9. The molecule has 0 saturated carbocycles. The van der Waals surface area contributed by atoms with Gasteiger partial charge in [-0.15, -0.1) is 0 Å². The maximum atomic E-state index is 13.3. The number of benzene rings is 2. The number of hydrogen-bond donors (Lipinski definition) is 1. The van der Waals surface area contributed by atoms with Crippen molar-refractivity contribution in [2.75, 3.05) is 23.4 Å². The molecule has 0 bridgehead atoms. The molecule has 10 heteroatoms. The number of carbonyl (C=O) groups is 3. The zero-order chi connectivity index (χ0) is 21.3. The summed E-state index contributed by atoms with van der Waals surface area (Å²) in [6.07, 6.45) is 0. The van der Waals surface area contributed by atoms with Crippen LogP contribution in [0.1, 0.15) is 6.92 Å². The molecule has 0 radical (unpaired) electrons. The summed E-state index contributed by atoms with van der Waals surface area (Å²) in [5, 5.41) is 11.4. The van der Waals surface area contributed by atoms with Crippen molar-refractivity contribution in [2.24, 2.45) is 10.3 Å². The number of halogens is 1. The van der Waals surface area contributed by atoms with Crippen molar-refractivity contribution in [1.82, 2.24) is 5.01 Å². The summed E-state index contributed by atoms with van der Waals surface area (Å²) in [6.45, 7) is 2.04. The maximum Gasteiger partial charge on any atom is 0.263 e. The highest BCUT2D eigenvalue weighted by molar-refractivity contribution is 6.25. The van der Waals surface area contributed by atoms with Gasteiger partial charge in [0, 0.05) is 5.69 Å². The first-order valence-electron chi connectivity index (χ1n) is 9.31. The molecule has 2 atom stereocenters. The number of amides is 3. The Morgan fingerprint density at radius 2 is 1.93 bits per heavy atom. The molecule has 1 saturated heterocycles. The third-order valence-electron chi connectivity index (χ3n) is 4.68. The van der Waals surface area contributed by atoms with Crippen molar-refractivity contribution in [3.05, 3.63) is 54.3 Å². The van der Waals surface area contributed by atoms with Crippen LogP contribution in [0, 0.1) is 5.82 Å². The Balaban J connectivity index is 1.46. The van der Waals surface area contributed by atoms with Crippen LogP contribution in [0.25, 0.3) is 0 Å². The fourth-order valence-electron chi connectivity index (χ4n) is 3.38. The molecule has 2 heterocycles. The number of imide groups is 1. The lowest BCUT2D eigenvalue weighted by molar-refractivity contribution is -0.123. The van der Waals surface area contributed by atoms with Crippen LogP contribution < -0.4 is 15.0 Å². The molecular formula is C20H18FN5O4. The number of rotatable bonds is 6. The van der Waals surface area contributed by atoms with Gasteiger partial charge in [-0.2, -0.15) is 5.11 Å². The molecule has 3 amide bonds. The number of fused-ring (bicyclic) bond motifs is 1. The van der Waals surface area contributed by atoms with Crippen LogP contribution in [0.2, 0.25) is 0 Å². The van der Waals surface area contributed by atoms with Gasteiger partial charge in [-0.05, 0) is 49.4 Å². The number of hydrogen-bond acceptors (Lipinski definition) is 7. The molecule has 2 aliphatic rings. The smallest absolute Gasteiger partial charge is 0.263 e. The molecule has 2 aliphatic heterocycles. The largest absolute Gasteiger partial charge is 0.494 e. The monoisotopic (exact) mass is 411 g/mol. The molecule has 154 valence electrons. The second-order valence-corrected chi connectivity index (χ2v) is 6.69. The summed E-state index contributed by atoms with van der Waals surface area (Å²) in [6, 6.07) is 9.97. The van der Waals surface area contributed by atoms with Crippen LogP contribution in [0.4, 0.5) is 15.8 Å². The molecule has 1 fully saturated rings. The van der Waals surface area contributed by atoms with Crippen LogP contribution in [0.15, 0.2) is 58.9 Å².